The Bertz CT molecular complexity index is 826. The number of ether oxygens (including phenoxy) is 1. The lowest BCUT2D eigenvalue weighted by atomic mass is 9.77. The van der Waals surface area contributed by atoms with Crippen LogP contribution < -0.4 is 10.1 Å². The normalized spacial score (nSPS) is 23.5. The molecule has 2 N–H and O–H groups in total. The number of hydrogen-bond acceptors (Lipinski definition) is 3. The van der Waals surface area contributed by atoms with Gasteiger partial charge in [-0.3, -0.25) is 0 Å². The van der Waals surface area contributed by atoms with Crippen LogP contribution in [0.25, 0.3) is 0 Å². The standard InChI is InChI=1S/C21H21NO3/c1-2-25-18-8-4-7-17-15-5-3-6-16(15)19(22-20(17)18)13-9-11-14(12-10-13)21(23)24/h3-5,7-12,15-16,19,22H,2,6H2,1H3,(H,23,24)/t15-,16-,19+/m1/s1. The van der Waals surface area contributed by atoms with E-state index in [1.807, 2.05) is 25.1 Å². The number of carboxylic acids is 1. The molecule has 1 aliphatic carbocycles. The summed E-state index contributed by atoms with van der Waals surface area (Å²) in [4.78, 5) is 11.1. The SMILES string of the molecule is CCOc1cccc2c1N[C@@H](c1ccc(C(=O)O)cc1)[C@@H]1CC=C[C@@H]21. The minimum absolute atomic E-state index is 0.136. The molecule has 0 aromatic heterocycles. The Morgan fingerprint density at radius 2 is 2.04 bits per heavy atom. The van der Waals surface area contributed by atoms with Gasteiger partial charge in [0.1, 0.15) is 5.75 Å². The van der Waals surface area contributed by atoms with Gasteiger partial charge in [-0.2, -0.15) is 0 Å². The van der Waals surface area contributed by atoms with E-state index in [9.17, 15) is 4.79 Å². The summed E-state index contributed by atoms with van der Waals surface area (Å²) < 4.78 is 5.82. The number of benzene rings is 2. The van der Waals surface area contributed by atoms with Crippen LogP contribution in [0, 0.1) is 5.92 Å². The van der Waals surface area contributed by atoms with Gasteiger partial charge in [0.15, 0.2) is 0 Å². The van der Waals surface area contributed by atoms with Gasteiger partial charge in [-0.15, -0.1) is 0 Å². The molecule has 0 amide bonds. The third-order valence-corrected chi connectivity index (χ3v) is 5.18. The molecule has 0 unspecified atom stereocenters. The molecule has 4 heteroatoms. The molecule has 0 saturated heterocycles. The zero-order chi connectivity index (χ0) is 17.4. The lowest BCUT2D eigenvalue weighted by Gasteiger charge is -2.38. The molecule has 3 atom stereocenters. The largest absolute Gasteiger partial charge is 0.492 e. The second-order valence-electron chi connectivity index (χ2n) is 6.56. The Hall–Kier alpha value is -2.75. The van der Waals surface area contributed by atoms with E-state index >= 15 is 0 Å². The number of aromatic carboxylic acids is 1. The van der Waals surface area contributed by atoms with Gasteiger partial charge in [0.25, 0.3) is 0 Å². The molecule has 0 radical (unpaired) electrons. The predicted molar refractivity (Wildman–Crippen MR) is 97.4 cm³/mol. The van der Waals surface area contributed by atoms with Crippen LogP contribution in [0.5, 0.6) is 5.75 Å². The number of allylic oxidation sites excluding steroid dienone is 2. The van der Waals surface area contributed by atoms with Gasteiger partial charge in [0, 0.05) is 5.92 Å². The van der Waals surface area contributed by atoms with E-state index in [-0.39, 0.29) is 6.04 Å². The summed E-state index contributed by atoms with van der Waals surface area (Å²) in [6, 6.07) is 13.6. The summed E-state index contributed by atoms with van der Waals surface area (Å²) in [6.45, 7) is 2.61. The van der Waals surface area contributed by atoms with Crippen molar-refractivity contribution in [1.29, 1.82) is 0 Å². The molecular formula is C21H21NO3. The number of hydrogen-bond donors (Lipinski definition) is 2. The zero-order valence-corrected chi connectivity index (χ0v) is 14.1. The molecular weight excluding hydrogens is 314 g/mol. The molecule has 4 nitrogen and oxygen atoms in total. The highest BCUT2D eigenvalue weighted by molar-refractivity contribution is 5.87. The van der Waals surface area contributed by atoms with Gasteiger partial charge in [-0.25, -0.2) is 4.79 Å². The van der Waals surface area contributed by atoms with Crippen molar-refractivity contribution in [3.63, 3.8) is 0 Å². The number of fused-ring (bicyclic) bond motifs is 3. The smallest absolute Gasteiger partial charge is 0.335 e. The number of anilines is 1. The molecule has 1 heterocycles. The third kappa shape index (κ3) is 2.68. The van der Waals surface area contributed by atoms with Crippen LogP contribution in [0.15, 0.2) is 54.6 Å². The second kappa shape index (κ2) is 6.28. The van der Waals surface area contributed by atoms with E-state index < -0.39 is 5.97 Å². The first-order chi connectivity index (χ1) is 12.2. The topological polar surface area (TPSA) is 58.6 Å². The Morgan fingerprint density at radius 3 is 2.76 bits per heavy atom. The van der Waals surface area contributed by atoms with E-state index in [1.54, 1.807) is 12.1 Å². The molecule has 0 fully saturated rings. The predicted octanol–water partition coefficient (Wildman–Crippen LogP) is 4.61. The van der Waals surface area contributed by atoms with E-state index in [2.05, 4.69) is 29.6 Å². The maximum Gasteiger partial charge on any atom is 0.335 e. The van der Waals surface area contributed by atoms with Crippen molar-refractivity contribution in [2.75, 3.05) is 11.9 Å². The maximum absolute atomic E-state index is 11.1. The summed E-state index contributed by atoms with van der Waals surface area (Å²) in [5.41, 5.74) is 3.77. The Kier molecular flexibility index (Phi) is 3.96. The van der Waals surface area contributed by atoms with Crippen LogP contribution in [0.2, 0.25) is 0 Å². The average molecular weight is 335 g/mol. The van der Waals surface area contributed by atoms with Gasteiger partial charge < -0.3 is 15.2 Å². The fraction of sp³-hybridized carbons (Fsp3) is 0.286. The van der Waals surface area contributed by atoms with Crippen molar-refractivity contribution < 1.29 is 14.6 Å². The van der Waals surface area contributed by atoms with Crippen LogP contribution in [-0.4, -0.2) is 17.7 Å². The van der Waals surface area contributed by atoms with Crippen molar-refractivity contribution in [3.05, 3.63) is 71.3 Å². The second-order valence-corrected chi connectivity index (χ2v) is 6.56. The molecule has 2 aliphatic rings. The Morgan fingerprint density at radius 1 is 1.24 bits per heavy atom. The molecule has 0 bridgehead atoms. The van der Waals surface area contributed by atoms with Crippen molar-refractivity contribution in [3.8, 4) is 5.75 Å². The molecule has 128 valence electrons. The minimum Gasteiger partial charge on any atom is -0.492 e. The molecule has 0 spiro atoms. The average Bonchev–Trinajstić information content (AvgIpc) is 3.12. The molecule has 25 heavy (non-hydrogen) atoms. The summed E-state index contributed by atoms with van der Waals surface area (Å²) in [6.07, 6.45) is 5.55. The number of carboxylic acid groups (broad SMARTS) is 1. The lowest BCUT2D eigenvalue weighted by Crippen LogP contribution is -2.29. The lowest BCUT2D eigenvalue weighted by molar-refractivity contribution is 0.0697. The van der Waals surface area contributed by atoms with Gasteiger partial charge in [-0.05, 0) is 48.6 Å². The van der Waals surface area contributed by atoms with Crippen LogP contribution in [-0.2, 0) is 0 Å². The van der Waals surface area contributed by atoms with Gasteiger partial charge in [0.05, 0.1) is 23.9 Å². The van der Waals surface area contributed by atoms with Crippen molar-refractivity contribution >= 4 is 11.7 Å². The quantitative estimate of drug-likeness (QED) is 0.801. The van der Waals surface area contributed by atoms with E-state index in [0.717, 1.165) is 23.4 Å². The van der Waals surface area contributed by atoms with Crippen molar-refractivity contribution in [1.82, 2.24) is 0 Å². The summed E-state index contributed by atoms with van der Waals surface area (Å²) in [7, 11) is 0. The van der Waals surface area contributed by atoms with Crippen LogP contribution in [0.1, 0.15) is 46.8 Å². The Labute approximate surface area is 147 Å². The number of carbonyl (C=O) groups is 1. The van der Waals surface area contributed by atoms with Gasteiger partial charge in [-0.1, -0.05) is 36.4 Å². The highest BCUT2D eigenvalue weighted by atomic mass is 16.5. The molecule has 2 aromatic carbocycles. The van der Waals surface area contributed by atoms with E-state index in [4.69, 9.17) is 9.84 Å². The van der Waals surface area contributed by atoms with E-state index in [0.29, 0.717) is 24.0 Å². The summed E-state index contributed by atoms with van der Waals surface area (Å²) in [5, 5.41) is 12.8. The molecule has 0 saturated carbocycles. The van der Waals surface area contributed by atoms with Crippen molar-refractivity contribution in [2.45, 2.75) is 25.3 Å². The third-order valence-electron chi connectivity index (χ3n) is 5.18. The molecule has 4 rings (SSSR count). The first kappa shape index (κ1) is 15.8. The zero-order valence-electron chi connectivity index (χ0n) is 14.1. The number of para-hydroxylation sites is 1. The maximum atomic E-state index is 11.1. The fourth-order valence-electron chi connectivity index (χ4n) is 4.03. The summed E-state index contributed by atoms with van der Waals surface area (Å²) >= 11 is 0. The summed E-state index contributed by atoms with van der Waals surface area (Å²) in [5.74, 6) is 0.777. The molecule has 2 aromatic rings. The monoisotopic (exact) mass is 335 g/mol. The number of rotatable bonds is 4. The number of nitrogens with one attached hydrogen (secondary N) is 1. The first-order valence-corrected chi connectivity index (χ1v) is 8.71. The van der Waals surface area contributed by atoms with Gasteiger partial charge in [0.2, 0.25) is 0 Å². The van der Waals surface area contributed by atoms with Crippen LogP contribution in [0.3, 0.4) is 0 Å². The van der Waals surface area contributed by atoms with Gasteiger partial charge >= 0.3 is 5.97 Å². The van der Waals surface area contributed by atoms with Crippen LogP contribution >= 0.6 is 0 Å². The molecule has 1 aliphatic heterocycles. The first-order valence-electron chi connectivity index (χ1n) is 8.71. The Balaban J connectivity index is 1.74. The van der Waals surface area contributed by atoms with E-state index in [1.165, 1.54) is 5.56 Å². The fourth-order valence-corrected chi connectivity index (χ4v) is 4.03. The minimum atomic E-state index is -0.896. The van der Waals surface area contributed by atoms with Crippen molar-refractivity contribution in [2.24, 2.45) is 5.92 Å². The highest BCUT2D eigenvalue weighted by Crippen LogP contribution is 2.52. The van der Waals surface area contributed by atoms with Crippen LogP contribution in [0.4, 0.5) is 5.69 Å². The highest BCUT2D eigenvalue weighted by Gasteiger charge is 2.38.